The number of thioether (sulfide) groups is 1. The minimum atomic E-state index is -0.470. The van der Waals surface area contributed by atoms with Crippen LogP contribution in [0.1, 0.15) is 0 Å². The van der Waals surface area contributed by atoms with Gasteiger partial charge in [0.25, 0.3) is 0 Å². The van der Waals surface area contributed by atoms with Crippen molar-refractivity contribution in [3.05, 3.63) is 29.0 Å². The first-order chi connectivity index (χ1) is 8.02. The predicted octanol–water partition coefficient (Wildman–Crippen LogP) is 1.34. The fourth-order valence-corrected chi connectivity index (χ4v) is 1.59. The summed E-state index contributed by atoms with van der Waals surface area (Å²) in [7, 11) is 0. The van der Waals surface area contributed by atoms with Crippen molar-refractivity contribution >= 4 is 40.1 Å². The van der Waals surface area contributed by atoms with E-state index in [2.05, 4.69) is 10.4 Å². The van der Waals surface area contributed by atoms with Crippen molar-refractivity contribution < 1.29 is 9.18 Å². The van der Waals surface area contributed by atoms with Crippen LogP contribution in [0, 0.1) is 5.82 Å². The van der Waals surface area contributed by atoms with Crippen LogP contribution in [-0.2, 0) is 4.79 Å². The lowest BCUT2D eigenvalue weighted by molar-refractivity contribution is -0.113. The van der Waals surface area contributed by atoms with Crippen LogP contribution in [0.25, 0.3) is 0 Å². The Balaban J connectivity index is 2.56. The van der Waals surface area contributed by atoms with Gasteiger partial charge in [-0.15, -0.1) is 0 Å². The van der Waals surface area contributed by atoms with E-state index in [9.17, 15) is 9.18 Å². The van der Waals surface area contributed by atoms with Crippen molar-refractivity contribution in [2.24, 2.45) is 16.7 Å². The SMILES string of the molecule is NN=C(N)SCC(=O)Nc1ccc(F)cc1Cl. The third-order valence-electron chi connectivity index (χ3n) is 1.68. The van der Waals surface area contributed by atoms with E-state index < -0.39 is 5.82 Å². The van der Waals surface area contributed by atoms with E-state index in [1.807, 2.05) is 0 Å². The van der Waals surface area contributed by atoms with Gasteiger partial charge < -0.3 is 16.9 Å². The molecule has 0 unspecified atom stereocenters. The summed E-state index contributed by atoms with van der Waals surface area (Å²) in [5.74, 6) is 4.13. The molecule has 0 aliphatic rings. The van der Waals surface area contributed by atoms with Crippen LogP contribution in [0.2, 0.25) is 5.02 Å². The van der Waals surface area contributed by atoms with Crippen molar-refractivity contribution in [2.75, 3.05) is 11.1 Å². The van der Waals surface area contributed by atoms with Gasteiger partial charge in [0.1, 0.15) is 5.82 Å². The molecule has 1 rings (SSSR count). The van der Waals surface area contributed by atoms with Crippen LogP contribution in [0.3, 0.4) is 0 Å². The zero-order chi connectivity index (χ0) is 12.8. The molecule has 5 N–H and O–H groups in total. The van der Waals surface area contributed by atoms with Gasteiger partial charge >= 0.3 is 0 Å². The maximum atomic E-state index is 12.7. The van der Waals surface area contributed by atoms with Crippen LogP contribution in [0.15, 0.2) is 23.3 Å². The summed E-state index contributed by atoms with van der Waals surface area (Å²) in [6, 6.07) is 3.69. The minimum Gasteiger partial charge on any atom is -0.377 e. The van der Waals surface area contributed by atoms with Crippen molar-refractivity contribution in [3.8, 4) is 0 Å². The number of hydrogen-bond acceptors (Lipinski definition) is 4. The summed E-state index contributed by atoms with van der Waals surface area (Å²) in [4.78, 5) is 11.4. The highest BCUT2D eigenvalue weighted by Crippen LogP contribution is 2.22. The van der Waals surface area contributed by atoms with Crippen LogP contribution < -0.4 is 16.9 Å². The van der Waals surface area contributed by atoms with E-state index in [1.165, 1.54) is 12.1 Å². The molecule has 17 heavy (non-hydrogen) atoms. The molecule has 5 nitrogen and oxygen atoms in total. The highest BCUT2D eigenvalue weighted by atomic mass is 35.5. The average Bonchev–Trinajstić information content (AvgIpc) is 2.29. The molecule has 1 amide bonds. The second kappa shape index (κ2) is 6.31. The van der Waals surface area contributed by atoms with Crippen molar-refractivity contribution in [1.82, 2.24) is 0 Å². The van der Waals surface area contributed by atoms with Gasteiger partial charge in [-0.2, -0.15) is 5.10 Å². The van der Waals surface area contributed by atoms with Gasteiger partial charge in [0.15, 0.2) is 5.17 Å². The van der Waals surface area contributed by atoms with Gasteiger partial charge in [-0.1, -0.05) is 23.4 Å². The van der Waals surface area contributed by atoms with Gasteiger partial charge in [0.05, 0.1) is 16.5 Å². The Morgan fingerprint density at radius 3 is 2.88 bits per heavy atom. The molecular weight excluding hydrogens is 267 g/mol. The Morgan fingerprint density at radius 2 is 2.29 bits per heavy atom. The topological polar surface area (TPSA) is 93.5 Å². The Bertz CT molecular complexity index is 455. The Kier molecular flexibility index (Phi) is 5.05. The molecule has 0 radical (unpaired) electrons. The molecule has 0 spiro atoms. The molecule has 92 valence electrons. The van der Waals surface area contributed by atoms with E-state index >= 15 is 0 Å². The number of hydrazone groups is 1. The lowest BCUT2D eigenvalue weighted by Gasteiger charge is -2.06. The zero-order valence-electron chi connectivity index (χ0n) is 8.61. The third kappa shape index (κ3) is 4.49. The van der Waals surface area contributed by atoms with Crippen LogP contribution in [0.4, 0.5) is 10.1 Å². The molecule has 0 atom stereocenters. The molecule has 8 heteroatoms. The summed E-state index contributed by atoms with van der Waals surface area (Å²) in [6.45, 7) is 0. The molecule has 0 fully saturated rings. The van der Waals surface area contributed by atoms with Gasteiger partial charge in [-0.25, -0.2) is 4.39 Å². The molecule has 0 heterocycles. The van der Waals surface area contributed by atoms with Crippen molar-refractivity contribution in [2.45, 2.75) is 0 Å². The molecule has 0 aliphatic heterocycles. The quantitative estimate of drug-likeness (QED) is 0.336. The standard InChI is InChI=1S/C9H10ClFN4OS/c10-6-3-5(11)1-2-7(6)14-8(16)4-17-9(12)15-13/h1-3H,4,13H2,(H2,12,15)(H,14,16). The number of nitrogens with zero attached hydrogens (tertiary/aromatic N) is 1. The largest absolute Gasteiger partial charge is 0.377 e. The van der Waals surface area contributed by atoms with E-state index in [-0.39, 0.29) is 21.9 Å². The van der Waals surface area contributed by atoms with E-state index in [4.69, 9.17) is 23.2 Å². The average molecular weight is 277 g/mol. The van der Waals surface area contributed by atoms with Crippen LogP contribution in [0.5, 0.6) is 0 Å². The molecule has 0 saturated carbocycles. The summed E-state index contributed by atoms with van der Waals surface area (Å²) in [5, 5.41) is 5.94. The summed E-state index contributed by atoms with van der Waals surface area (Å²) >= 11 is 6.72. The normalized spacial score (nSPS) is 11.3. The molecular formula is C9H10ClFN4OS. The lowest BCUT2D eigenvalue weighted by atomic mass is 10.3. The molecule has 0 aliphatic carbocycles. The first kappa shape index (κ1) is 13.6. The van der Waals surface area contributed by atoms with Crippen LogP contribution in [-0.4, -0.2) is 16.8 Å². The number of benzene rings is 1. The zero-order valence-corrected chi connectivity index (χ0v) is 10.2. The second-order valence-electron chi connectivity index (χ2n) is 2.93. The second-order valence-corrected chi connectivity index (χ2v) is 4.33. The molecule has 0 aromatic heterocycles. The minimum absolute atomic E-state index is 0.0419. The number of carbonyl (C=O) groups is 1. The number of rotatable bonds is 3. The van der Waals surface area contributed by atoms with E-state index in [1.54, 1.807) is 0 Å². The summed E-state index contributed by atoms with van der Waals surface area (Å²) in [6.07, 6.45) is 0. The first-order valence-corrected chi connectivity index (χ1v) is 5.80. The molecule has 1 aromatic rings. The fraction of sp³-hybridized carbons (Fsp3) is 0.111. The number of amides is 1. The number of anilines is 1. The van der Waals surface area contributed by atoms with Gasteiger partial charge in [0, 0.05) is 0 Å². The highest BCUT2D eigenvalue weighted by molar-refractivity contribution is 8.14. The predicted molar refractivity (Wildman–Crippen MR) is 68.3 cm³/mol. The number of hydrogen-bond donors (Lipinski definition) is 3. The fourth-order valence-electron chi connectivity index (χ4n) is 0.954. The third-order valence-corrected chi connectivity index (χ3v) is 2.80. The number of nitrogens with two attached hydrogens (primary N) is 2. The smallest absolute Gasteiger partial charge is 0.234 e. The Labute approximate surface area is 106 Å². The highest BCUT2D eigenvalue weighted by Gasteiger charge is 2.07. The number of nitrogens with one attached hydrogen (secondary N) is 1. The number of halogens is 2. The van der Waals surface area contributed by atoms with Crippen LogP contribution >= 0.6 is 23.4 Å². The molecule has 0 saturated heterocycles. The lowest BCUT2D eigenvalue weighted by Crippen LogP contribution is -2.18. The molecule has 1 aromatic carbocycles. The maximum absolute atomic E-state index is 12.7. The Hall–Kier alpha value is -1.47. The maximum Gasteiger partial charge on any atom is 0.234 e. The summed E-state index contributed by atoms with van der Waals surface area (Å²) < 4.78 is 12.7. The van der Waals surface area contributed by atoms with Gasteiger partial charge in [-0.3, -0.25) is 4.79 Å². The summed E-state index contributed by atoms with van der Waals surface area (Å²) in [5.41, 5.74) is 5.63. The van der Waals surface area contributed by atoms with Crippen molar-refractivity contribution in [1.29, 1.82) is 0 Å². The molecule has 0 bridgehead atoms. The van der Waals surface area contributed by atoms with Crippen molar-refractivity contribution in [3.63, 3.8) is 0 Å². The number of carbonyl (C=O) groups excluding carboxylic acids is 1. The Morgan fingerprint density at radius 1 is 1.59 bits per heavy atom. The monoisotopic (exact) mass is 276 g/mol. The van der Waals surface area contributed by atoms with E-state index in [0.29, 0.717) is 5.69 Å². The number of amidine groups is 1. The van der Waals surface area contributed by atoms with Gasteiger partial charge in [0.2, 0.25) is 5.91 Å². The first-order valence-electron chi connectivity index (χ1n) is 4.44. The van der Waals surface area contributed by atoms with E-state index in [0.717, 1.165) is 17.8 Å². The van der Waals surface area contributed by atoms with Gasteiger partial charge in [-0.05, 0) is 18.2 Å².